The van der Waals surface area contributed by atoms with Gasteiger partial charge in [-0.2, -0.15) is 0 Å². The molecule has 1 N–H and O–H groups in total. The lowest BCUT2D eigenvalue weighted by atomic mass is 10.3. The van der Waals surface area contributed by atoms with E-state index in [1.807, 2.05) is 26.1 Å². The number of nitrogens with one attached hydrogen (secondary N) is 1. The average Bonchev–Trinajstić information content (AvgIpc) is 2.96. The molecule has 2 rings (SSSR count). The standard InChI is InChI=1S/C14H21N3OS/c1-5-12-13(8-15-3)19-14(16-12)17(4)9-11-7-6-10(2)18-11/h6-7,15H,5,8-9H2,1-4H3. The number of rotatable bonds is 6. The molecule has 0 saturated carbocycles. The van der Waals surface area contributed by atoms with Gasteiger partial charge >= 0.3 is 0 Å². The molecule has 0 aliphatic carbocycles. The Balaban J connectivity index is 2.12. The van der Waals surface area contributed by atoms with Gasteiger partial charge in [0.1, 0.15) is 11.5 Å². The zero-order chi connectivity index (χ0) is 13.8. The van der Waals surface area contributed by atoms with Crippen LogP contribution in [0.3, 0.4) is 0 Å². The molecular formula is C14H21N3OS. The van der Waals surface area contributed by atoms with Gasteiger partial charge in [0, 0.05) is 18.5 Å². The van der Waals surface area contributed by atoms with Crippen molar-refractivity contribution in [1.82, 2.24) is 10.3 Å². The Labute approximate surface area is 118 Å². The van der Waals surface area contributed by atoms with E-state index in [1.165, 1.54) is 10.6 Å². The molecular weight excluding hydrogens is 258 g/mol. The van der Waals surface area contributed by atoms with Crippen molar-refractivity contribution < 1.29 is 4.42 Å². The minimum Gasteiger partial charge on any atom is -0.464 e. The molecule has 0 saturated heterocycles. The van der Waals surface area contributed by atoms with E-state index in [0.717, 1.165) is 36.2 Å². The van der Waals surface area contributed by atoms with E-state index in [-0.39, 0.29) is 0 Å². The number of nitrogens with zero attached hydrogens (tertiary/aromatic N) is 2. The highest BCUT2D eigenvalue weighted by Gasteiger charge is 2.13. The van der Waals surface area contributed by atoms with Gasteiger partial charge in [-0.15, -0.1) is 11.3 Å². The molecule has 2 aromatic rings. The van der Waals surface area contributed by atoms with Crippen molar-refractivity contribution in [3.8, 4) is 0 Å². The van der Waals surface area contributed by atoms with E-state index < -0.39 is 0 Å². The fraction of sp³-hybridized carbons (Fsp3) is 0.500. The Bertz CT molecular complexity index is 533. The zero-order valence-electron chi connectivity index (χ0n) is 12.0. The molecule has 5 heteroatoms. The molecule has 19 heavy (non-hydrogen) atoms. The first-order chi connectivity index (χ1) is 9.13. The molecule has 4 nitrogen and oxygen atoms in total. The minimum atomic E-state index is 0.753. The van der Waals surface area contributed by atoms with Gasteiger partial charge < -0.3 is 14.6 Å². The Morgan fingerprint density at radius 2 is 2.21 bits per heavy atom. The topological polar surface area (TPSA) is 41.3 Å². The van der Waals surface area contributed by atoms with Crippen LogP contribution in [0, 0.1) is 6.92 Å². The summed E-state index contributed by atoms with van der Waals surface area (Å²) >= 11 is 1.75. The maximum Gasteiger partial charge on any atom is 0.185 e. The molecule has 0 spiro atoms. The summed E-state index contributed by atoms with van der Waals surface area (Å²) in [6, 6.07) is 4.02. The van der Waals surface area contributed by atoms with Crippen LogP contribution in [-0.4, -0.2) is 19.1 Å². The predicted octanol–water partition coefficient (Wildman–Crippen LogP) is 2.96. The molecule has 0 aliphatic rings. The van der Waals surface area contributed by atoms with E-state index in [0.29, 0.717) is 0 Å². The van der Waals surface area contributed by atoms with Crippen LogP contribution in [0.4, 0.5) is 5.13 Å². The van der Waals surface area contributed by atoms with Gasteiger partial charge in [0.05, 0.1) is 12.2 Å². The van der Waals surface area contributed by atoms with Crippen molar-refractivity contribution in [2.75, 3.05) is 19.0 Å². The Morgan fingerprint density at radius 3 is 2.79 bits per heavy atom. The van der Waals surface area contributed by atoms with Gasteiger partial charge in [0.15, 0.2) is 5.13 Å². The third kappa shape index (κ3) is 3.36. The van der Waals surface area contributed by atoms with Crippen molar-refractivity contribution in [2.24, 2.45) is 0 Å². The maximum absolute atomic E-state index is 5.61. The second-order valence-corrected chi connectivity index (χ2v) is 5.68. The first-order valence-corrected chi connectivity index (χ1v) is 7.35. The number of anilines is 1. The summed E-state index contributed by atoms with van der Waals surface area (Å²) < 4.78 is 5.61. The molecule has 0 amide bonds. The second kappa shape index (κ2) is 6.21. The van der Waals surface area contributed by atoms with Gasteiger partial charge in [0.25, 0.3) is 0 Å². The molecule has 0 aliphatic heterocycles. The third-order valence-corrected chi connectivity index (χ3v) is 4.17. The molecule has 2 aromatic heterocycles. The Hall–Kier alpha value is -1.33. The van der Waals surface area contributed by atoms with Crippen LogP contribution < -0.4 is 10.2 Å². The molecule has 0 aromatic carbocycles. The van der Waals surface area contributed by atoms with Crippen molar-refractivity contribution in [3.05, 3.63) is 34.2 Å². The van der Waals surface area contributed by atoms with Gasteiger partial charge in [0.2, 0.25) is 0 Å². The summed E-state index contributed by atoms with van der Waals surface area (Å²) in [6.07, 6.45) is 0.973. The Kier molecular flexibility index (Phi) is 4.61. The molecule has 0 unspecified atom stereocenters. The van der Waals surface area contributed by atoms with E-state index in [2.05, 4.69) is 24.2 Å². The number of furan rings is 1. The number of thiazole rings is 1. The summed E-state index contributed by atoms with van der Waals surface area (Å²) in [5.41, 5.74) is 1.19. The highest BCUT2D eigenvalue weighted by molar-refractivity contribution is 7.15. The molecule has 0 atom stereocenters. The van der Waals surface area contributed by atoms with E-state index in [9.17, 15) is 0 Å². The Morgan fingerprint density at radius 1 is 1.42 bits per heavy atom. The minimum absolute atomic E-state index is 0.753. The van der Waals surface area contributed by atoms with Crippen LogP contribution in [0.2, 0.25) is 0 Å². The lowest BCUT2D eigenvalue weighted by molar-refractivity contribution is 0.481. The molecule has 0 bridgehead atoms. The summed E-state index contributed by atoms with van der Waals surface area (Å²) in [4.78, 5) is 8.17. The summed E-state index contributed by atoms with van der Waals surface area (Å²) in [5.74, 6) is 1.93. The van der Waals surface area contributed by atoms with Crippen molar-refractivity contribution >= 4 is 16.5 Å². The highest BCUT2D eigenvalue weighted by atomic mass is 32.1. The SMILES string of the molecule is CCc1nc(N(C)Cc2ccc(C)o2)sc1CNC. The highest BCUT2D eigenvalue weighted by Crippen LogP contribution is 2.27. The van der Waals surface area contributed by atoms with Gasteiger partial charge in [-0.3, -0.25) is 0 Å². The second-order valence-electron chi connectivity index (χ2n) is 4.62. The van der Waals surface area contributed by atoms with Crippen LogP contribution in [0.1, 0.15) is 29.0 Å². The first-order valence-electron chi connectivity index (χ1n) is 6.53. The van der Waals surface area contributed by atoms with Gasteiger partial charge in [-0.25, -0.2) is 4.98 Å². The maximum atomic E-state index is 5.61. The predicted molar refractivity (Wildman–Crippen MR) is 79.8 cm³/mol. The van der Waals surface area contributed by atoms with Crippen LogP contribution >= 0.6 is 11.3 Å². The van der Waals surface area contributed by atoms with Crippen LogP contribution in [0.15, 0.2) is 16.5 Å². The quantitative estimate of drug-likeness (QED) is 0.882. The molecule has 104 valence electrons. The fourth-order valence-electron chi connectivity index (χ4n) is 1.98. The third-order valence-electron chi connectivity index (χ3n) is 2.95. The van der Waals surface area contributed by atoms with E-state index in [4.69, 9.17) is 9.40 Å². The molecule has 0 radical (unpaired) electrons. The van der Waals surface area contributed by atoms with E-state index in [1.54, 1.807) is 11.3 Å². The van der Waals surface area contributed by atoms with Crippen molar-refractivity contribution in [2.45, 2.75) is 33.4 Å². The summed E-state index contributed by atoms with van der Waals surface area (Å²) in [5, 5.41) is 4.25. The average molecular weight is 279 g/mol. The van der Waals surface area contributed by atoms with Crippen molar-refractivity contribution in [3.63, 3.8) is 0 Å². The van der Waals surface area contributed by atoms with Gasteiger partial charge in [-0.05, 0) is 32.5 Å². The fourth-order valence-corrected chi connectivity index (χ4v) is 3.10. The number of aryl methyl sites for hydroxylation is 2. The first kappa shape index (κ1) is 14.1. The number of hydrogen-bond donors (Lipinski definition) is 1. The lowest BCUT2D eigenvalue weighted by Gasteiger charge is -2.13. The van der Waals surface area contributed by atoms with Crippen LogP contribution in [-0.2, 0) is 19.5 Å². The smallest absolute Gasteiger partial charge is 0.185 e. The van der Waals surface area contributed by atoms with Crippen LogP contribution in [0.25, 0.3) is 0 Å². The lowest BCUT2D eigenvalue weighted by Crippen LogP contribution is -2.15. The zero-order valence-corrected chi connectivity index (χ0v) is 12.8. The van der Waals surface area contributed by atoms with E-state index >= 15 is 0 Å². The number of aromatic nitrogens is 1. The largest absolute Gasteiger partial charge is 0.464 e. The van der Waals surface area contributed by atoms with Crippen LogP contribution in [0.5, 0.6) is 0 Å². The summed E-state index contributed by atoms with van der Waals surface area (Å²) in [6.45, 7) is 5.75. The molecule has 2 heterocycles. The molecule has 0 fully saturated rings. The monoisotopic (exact) mass is 279 g/mol. The summed E-state index contributed by atoms with van der Waals surface area (Å²) in [7, 11) is 4.02. The normalized spacial score (nSPS) is 10.9. The van der Waals surface area contributed by atoms with Crippen molar-refractivity contribution in [1.29, 1.82) is 0 Å². The number of hydrogen-bond acceptors (Lipinski definition) is 5. The van der Waals surface area contributed by atoms with Gasteiger partial charge in [-0.1, -0.05) is 6.92 Å².